The fraction of sp³-hybridized carbons (Fsp3) is 0.438. The van der Waals surface area contributed by atoms with Gasteiger partial charge in [0.15, 0.2) is 0 Å². The van der Waals surface area contributed by atoms with Crippen molar-refractivity contribution in [3.8, 4) is 0 Å². The third-order valence-electron chi connectivity index (χ3n) is 3.86. The second-order valence-corrected chi connectivity index (χ2v) is 5.56. The van der Waals surface area contributed by atoms with Crippen molar-refractivity contribution in [2.75, 3.05) is 13.2 Å². The molecule has 1 aromatic carbocycles. The van der Waals surface area contributed by atoms with E-state index in [2.05, 4.69) is 41.5 Å². The van der Waals surface area contributed by atoms with Crippen LogP contribution in [0.1, 0.15) is 25.3 Å². The molecular formula is C16H20N2O. The van der Waals surface area contributed by atoms with E-state index in [1.165, 1.54) is 17.4 Å². The van der Waals surface area contributed by atoms with Crippen molar-refractivity contribution >= 4 is 10.9 Å². The summed E-state index contributed by atoms with van der Waals surface area (Å²) in [5, 5.41) is 4.84. The van der Waals surface area contributed by atoms with Gasteiger partial charge in [0.25, 0.3) is 0 Å². The number of nitrogens with one attached hydrogen (secondary N) is 1. The van der Waals surface area contributed by atoms with Crippen molar-refractivity contribution in [3.63, 3.8) is 0 Å². The fourth-order valence-corrected chi connectivity index (χ4v) is 2.69. The van der Waals surface area contributed by atoms with Gasteiger partial charge in [-0.2, -0.15) is 0 Å². The first-order valence-corrected chi connectivity index (χ1v) is 6.92. The molecule has 1 aliphatic rings. The number of rotatable bonds is 3. The van der Waals surface area contributed by atoms with Crippen LogP contribution in [0.4, 0.5) is 0 Å². The number of hydrogen-bond acceptors (Lipinski definition) is 3. The van der Waals surface area contributed by atoms with E-state index in [9.17, 15) is 0 Å². The molecule has 1 aromatic heterocycles. The summed E-state index contributed by atoms with van der Waals surface area (Å²) in [4.78, 5) is 4.50. The van der Waals surface area contributed by atoms with Crippen molar-refractivity contribution in [1.82, 2.24) is 10.3 Å². The molecule has 0 spiro atoms. The molecule has 1 saturated heterocycles. The number of hydrogen-bond donors (Lipinski definition) is 1. The molecule has 2 aromatic rings. The molecule has 3 heteroatoms. The van der Waals surface area contributed by atoms with Crippen molar-refractivity contribution in [1.29, 1.82) is 0 Å². The lowest BCUT2D eigenvalue weighted by atomic mass is 9.94. The lowest BCUT2D eigenvalue weighted by Crippen LogP contribution is -2.48. The maximum absolute atomic E-state index is 5.58. The Balaban J connectivity index is 1.78. The van der Waals surface area contributed by atoms with Gasteiger partial charge >= 0.3 is 0 Å². The molecule has 1 N–H and O–H groups in total. The van der Waals surface area contributed by atoms with Crippen LogP contribution in [0.25, 0.3) is 10.9 Å². The Labute approximate surface area is 114 Å². The van der Waals surface area contributed by atoms with Crippen LogP contribution in [-0.2, 0) is 11.3 Å². The average Bonchev–Trinajstić information content (AvgIpc) is 2.46. The highest BCUT2D eigenvalue weighted by Gasteiger charge is 2.26. The molecule has 1 aliphatic heterocycles. The largest absolute Gasteiger partial charge is 0.380 e. The lowest BCUT2D eigenvalue weighted by molar-refractivity contribution is 0.0278. The monoisotopic (exact) mass is 256 g/mol. The molecule has 0 radical (unpaired) electrons. The van der Waals surface area contributed by atoms with E-state index in [1.807, 2.05) is 12.3 Å². The maximum atomic E-state index is 5.58. The highest BCUT2D eigenvalue weighted by molar-refractivity contribution is 5.81. The predicted molar refractivity (Wildman–Crippen MR) is 77.0 cm³/mol. The second kappa shape index (κ2) is 5.27. The zero-order valence-corrected chi connectivity index (χ0v) is 11.4. The maximum Gasteiger partial charge on any atom is 0.0746 e. The molecule has 1 atom stereocenters. The van der Waals surface area contributed by atoms with Crippen molar-refractivity contribution < 1.29 is 4.74 Å². The van der Waals surface area contributed by atoms with Crippen LogP contribution in [0.15, 0.2) is 36.5 Å². The van der Waals surface area contributed by atoms with Crippen molar-refractivity contribution in [2.45, 2.75) is 31.8 Å². The Hall–Kier alpha value is -1.45. The summed E-state index contributed by atoms with van der Waals surface area (Å²) in [7, 11) is 0. The summed E-state index contributed by atoms with van der Waals surface area (Å²) in [6, 6.07) is 10.4. The zero-order valence-electron chi connectivity index (χ0n) is 11.4. The minimum absolute atomic E-state index is 0.0925. The molecule has 19 heavy (non-hydrogen) atoms. The SMILES string of the molecule is CC1(NCc2cccc3cccnc23)CCCOC1. The van der Waals surface area contributed by atoms with Gasteiger partial charge in [0.2, 0.25) is 0 Å². The lowest BCUT2D eigenvalue weighted by Gasteiger charge is -2.34. The van der Waals surface area contributed by atoms with E-state index in [4.69, 9.17) is 4.74 Å². The molecule has 3 rings (SSSR count). The molecular weight excluding hydrogens is 236 g/mol. The Morgan fingerprint density at radius 2 is 2.21 bits per heavy atom. The Morgan fingerprint density at radius 3 is 3.05 bits per heavy atom. The molecule has 1 unspecified atom stereocenters. The van der Waals surface area contributed by atoms with Gasteiger partial charge in [0, 0.05) is 30.3 Å². The Kier molecular flexibility index (Phi) is 3.49. The molecule has 0 bridgehead atoms. The van der Waals surface area contributed by atoms with Gasteiger partial charge in [-0.1, -0.05) is 24.3 Å². The van der Waals surface area contributed by atoms with Crippen LogP contribution in [-0.4, -0.2) is 23.7 Å². The molecule has 0 amide bonds. The molecule has 0 saturated carbocycles. The van der Waals surface area contributed by atoms with E-state index < -0.39 is 0 Å². The number of para-hydroxylation sites is 1. The molecule has 1 fully saturated rings. The molecule has 2 heterocycles. The normalized spacial score (nSPS) is 23.6. The summed E-state index contributed by atoms with van der Waals surface area (Å²) in [6.07, 6.45) is 4.17. The molecule has 0 aliphatic carbocycles. The highest BCUT2D eigenvalue weighted by atomic mass is 16.5. The Morgan fingerprint density at radius 1 is 1.32 bits per heavy atom. The van der Waals surface area contributed by atoms with Gasteiger partial charge in [0.1, 0.15) is 0 Å². The first-order chi connectivity index (χ1) is 9.27. The second-order valence-electron chi connectivity index (χ2n) is 5.56. The van der Waals surface area contributed by atoms with E-state index in [-0.39, 0.29) is 5.54 Å². The van der Waals surface area contributed by atoms with Gasteiger partial charge in [-0.25, -0.2) is 0 Å². The van der Waals surface area contributed by atoms with Crippen LogP contribution in [0.2, 0.25) is 0 Å². The fourth-order valence-electron chi connectivity index (χ4n) is 2.69. The van der Waals surface area contributed by atoms with Crippen molar-refractivity contribution in [3.05, 3.63) is 42.1 Å². The van der Waals surface area contributed by atoms with Crippen LogP contribution >= 0.6 is 0 Å². The summed E-state index contributed by atoms with van der Waals surface area (Å²) in [6.45, 7) is 4.78. The highest BCUT2D eigenvalue weighted by Crippen LogP contribution is 2.21. The number of ether oxygens (including phenoxy) is 1. The number of pyridine rings is 1. The third-order valence-corrected chi connectivity index (χ3v) is 3.86. The molecule has 100 valence electrons. The summed E-state index contributed by atoms with van der Waals surface area (Å²) in [5.74, 6) is 0. The van der Waals surface area contributed by atoms with Crippen LogP contribution in [0.3, 0.4) is 0 Å². The van der Waals surface area contributed by atoms with Crippen molar-refractivity contribution in [2.24, 2.45) is 0 Å². The van der Waals surface area contributed by atoms with Gasteiger partial charge < -0.3 is 10.1 Å². The van der Waals surface area contributed by atoms with Gasteiger partial charge in [-0.05, 0) is 31.4 Å². The Bertz CT molecular complexity index is 556. The average molecular weight is 256 g/mol. The quantitative estimate of drug-likeness (QED) is 0.917. The zero-order chi connectivity index (χ0) is 13.1. The van der Waals surface area contributed by atoms with Gasteiger partial charge in [-0.15, -0.1) is 0 Å². The summed E-state index contributed by atoms with van der Waals surface area (Å²) < 4.78 is 5.58. The number of aromatic nitrogens is 1. The first-order valence-electron chi connectivity index (χ1n) is 6.92. The van der Waals surface area contributed by atoms with Gasteiger partial charge in [0.05, 0.1) is 12.1 Å². The minimum atomic E-state index is 0.0925. The van der Waals surface area contributed by atoms with E-state index >= 15 is 0 Å². The van der Waals surface area contributed by atoms with Gasteiger partial charge in [-0.3, -0.25) is 4.98 Å². The number of fused-ring (bicyclic) bond motifs is 1. The first kappa shape index (κ1) is 12.6. The van der Waals surface area contributed by atoms with E-state index in [0.717, 1.165) is 31.7 Å². The van der Waals surface area contributed by atoms with Crippen LogP contribution in [0.5, 0.6) is 0 Å². The standard InChI is InChI=1S/C16H20N2O/c1-16(8-4-10-19-12-16)18-11-14-6-2-5-13-7-3-9-17-15(13)14/h2-3,5-7,9,18H,4,8,10-12H2,1H3. The van der Waals surface area contributed by atoms with E-state index in [1.54, 1.807) is 0 Å². The van der Waals surface area contributed by atoms with Crippen LogP contribution in [0, 0.1) is 0 Å². The predicted octanol–water partition coefficient (Wildman–Crippen LogP) is 2.89. The number of nitrogens with zero attached hydrogens (tertiary/aromatic N) is 1. The van der Waals surface area contributed by atoms with E-state index in [0.29, 0.717) is 0 Å². The smallest absolute Gasteiger partial charge is 0.0746 e. The third kappa shape index (κ3) is 2.77. The molecule has 3 nitrogen and oxygen atoms in total. The topological polar surface area (TPSA) is 34.2 Å². The summed E-state index contributed by atoms with van der Waals surface area (Å²) in [5.41, 5.74) is 2.44. The number of benzene rings is 1. The minimum Gasteiger partial charge on any atom is -0.380 e. The summed E-state index contributed by atoms with van der Waals surface area (Å²) >= 11 is 0. The van der Waals surface area contributed by atoms with Crippen LogP contribution < -0.4 is 5.32 Å².